The van der Waals surface area contributed by atoms with Crippen LogP contribution >= 0.6 is 0 Å². The van der Waals surface area contributed by atoms with Crippen molar-refractivity contribution in [3.63, 3.8) is 0 Å². The third kappa shape index (κ3) is 2.84. The van der Waals surface area contributed by atoms with E-state index in [1.165, 1.54) is 0 Å². The van der Waals surface area contributed by atoms with Crippen molar-refractivity contribution < 1.29 is 9.21 Å². The molecule has 19 heavy (non-hydrogen) atoms. The van der Waals surface area contributed by atoms with E-state index in [0.717, 1.165) is 17.4 Å². The van der Waals surface area contributed by atoms with Crippen LogP contribution in [0.4, 0.5) is 0 Å². The Morgan fingerprint density at radius 2 is 2.11 bits per heavy atom. The molecule has 100 valence electrons. The lowest BCUT2D eigenvalue weighted by Crippen LogP contribution is -2.32. The number of hydrogen-bond donors (Lipinski definition) is 1. The SMILES string of the molecule is CCC(C)NC(=O)c1cc2ccc(C)cc2c(=O)o1. The van der Waals surface area contributed by atoms with Crippen molar-refractivity contribution in [2.24, 2.45) is 0 Å². The number of hydrogen-bond acceptors (Lipinski definition) is 3. The first-order valence-corrected chi connectivity index (χ1v) is 6.36. The van der Waals surface area contributed by atoms with Crippen molar-refractivity contribution in [2.75, 3.05) is 0 Å². The Hall–Kier alpha value is -2.10. The van der Waals surface area contributed by atoms with Crippen molar-refractivity contribution in [1.82, 2.24) is 5.32 Å². The maximum atomic E-state index is 11.9. The van der Waals surface area contributed by atoms with Crippen LogP contribution in [-0.4, -0.2) is 11.9 Å². The molecule has 0 bridgehead atoms. The quantitative estimate of drug-likeness (QED) is 0.921. The Labute approximate surface area is 111 Å². The standard InChI is InChI=1S/C15H17NO3/c1-4-10(3)16-14(17)13-8-11-6-5-9(2)7-12(11)15(18)19-13/h5-8,10H,4H2,1-3H3,(H,16,17). The molecule has 1 aromatic heterocycles. The fraction of sp³-hybridized carbons (Fsp3) is 0.333. The van der Waals surface area contributed by atoms with E-state index in [-0.39, 0.29) is 17.7 Å². The fourth-order valence-corrected chi connectivity index (χ4v) is 1.81. The molecule has 0 aliphatic rings. The van der Waals surface area contributed by atoms with Crippen molar-refractivity contribution in [3.8, 4) is 0 Å². The molecule has 1 atom stereocenters. The van der Waals surface area contributed by atoms with Crippen molar-refractivity contribution in [1.29, 1.82) is 0 Å². The Bertz CT molecular complexity index is 673. The second-order valence-corrected chi connectivity index (χ2v) is 4.77. The summed E-state index contributed by atoms with van der Waals surface area (Å²) in [4.78, 5) is 23.8. The number of benzene rings is 1. The summed E-state index contributed by atoms with van der Waals surface area (Å²) in [5, 5.41) is 4.00. The predicted octanol–water partition coefficient (Wildman–Crippen LogP) is 2.63. The van der Waals surface area contributed by atoms with Gasteiger partial charge in [0.1, 0.15) is 0 Å². The second kappa shape index (κ2) is 5.26. The Kier molecular flexibility index (Phi) is 3.69. The summed E-state index contributed by atoms with van der Waals surface area (Å²) >= 11 is 0. The summed E-state index contributed by atoms with van der Waals surface area (Å²) in [5.74, 6) is -0.296. The summed E-state index contributed by atoms with van der Waals surface area (Å²) in [7, 11) is 0. The highest BCUT2D eigenvalue weighted by molar-refractivity contribution is 5.95. The van der Waals surface area contributed by atoms with E-state index in [1.807, 2.05) is 32.9 Å². The van der Waals surface area contributed by atoms with Gasteiger partial charge >= 0.3 is 5.63 Å². The molecule has 0 saturated heterocycles. The Morgan fingerprint density at radius 1 is 1.37 bits per heavy atom. The Balaban J connectivity index is 2.44. The third-order valence-electron chi connectivity index (χ3n) is 3.13. The minimum atomic E-state index is -0.476. The average molecular weight is 259 g/mol. The van der Waals surface area contributed by atoms with Gasteiger partial charge in [-0.05, 0) is 37.8 Å². The van der Waals surface area contributed by atoms with Gasteiger partial charge in [-0.3, -0.25) is 4.79 Å². The molecule has 0 radical (unpaired) electrons. The smallest absolute Gasteiger partial charge is 0.344 e. The first kappa shape index (κ1) is 13.3. The number of amides is 1. The highest BCUT2D eigenvalue weighted by atomic mass is 16.4. The number of fused-ring (bicyclic) bond motifs is 1. The molecule has 1 aromatic carbocycles. The molecule has 4 nitrogen and oxygen atoms in total. The molecule has 2 rings (SSSR count). The van der Waals surface area contributed by atoms with E-state index in [9.17, 15) is 9.59 Å². The van der Waals surface area contributed by atoms with Crippen LogP contribution in [0.3, 0.4) is 0 Å². The lowest BCUT2D eigenvalue weighted by Gasteiger charge is -2.10. The molecule has 0 spiro atoms. The van der Waals surface area contributed by atoms with E-state index in [1.54, 1.807) is 12.1 Å². The average Bonchev–Trinajstić information content (AvgIpc) is 2.39. The topological polar surface area (TPSA) is 59.3 Å². The van der Waals surface area contributed by atoms with Gasteiger partial charge in [-0.1, -0.05) is 24.6 Å². The number of carbonyl (C=O) groups excluding carboxylic acids is 1. The summed E-state index contributed by atoms with van der Waals surface area (Å²) in [6.07, 6.45) is 0.822. The number of nitrogens with one attached hydrogen (secondary N) is 1. The molecule has 0 aliphatic carbocycles. The number of carbonyl (C=O) groups is 1. The first-order chi connectivity index (χ1) is 9.01. The summed E-state index contributed by atoms with van der Waals surface area (Å²) < 4.78 is 5.09. The minimum absolute atomic E-state index is 0.0477. The normalized spacial score (nSPS) is 12.4. The third-order valence-corrected chi connectivity index (χ3v) is 3.13. The molecule has 4 heteroatoms. The van der Waals surface area contributed by atoms with Crippen LogP contribution in [0.2, 0.25) is 0 Å². The molecule has 0 aliphatic heterocycles. The van der Waals surface area contributed by atoms with E-state index in [2.05, 4.69) is 5.32 Å². The van der Waals surface area contributed by atoms with E-state index >= 15 is 0 Å². The van der Waals surface area contributed by atoms with Crippen LogP contribution in [0.25, 0.3) is 10.8 Å². The summed E-state index contributed by atoms with van der Waals surface area (Å²) in [5.41, 5.74) is 0.507. The van der Waals surface area contributed by atoms with Crippen LogP contribution in [0.1, 0.15) is 36.4 Å². The monoisotopic (exact) mass is 259 g/mol. The van der Waals surface area contributed by atoms with E-state index < -0.39 is 5.63 Å². The fourth-order valence-electron chi connectivity index (χ4n) is 1.81. The van der Waals surface area contributed by atoms with E-state index in [4.69, 9.17) is 4.42 Å². The molecule has 1 heterocycles. The van der Waals surface area contributed by atoms with Crippen LogP contribution in [0.5, 0.6) is 0 Å². The number of aryl methyl sites for hydroxylation is 1. The van der Waals surface area contributed by atoms with Gasteiger partial charge in [-0.25, -0.2) is 4.79 Å². The van der Waals surface area contributed by atoms with Crippen molar-refractivity contribution in [3.05, 3.63) is 46.0 Å². The van der Waals surface area contributed by atoms with Gasteiger partial charge in [-0.2, -0.15) is 0 Å². The summed E-state index contributed by atoms with van der Waals surface area (Å²) in [6.45, 7) is 5.78. The van der Waals surface area contributed by atoms with Gasteiger partial charge in [0, 0.05) is 6.04 Å². The summed E-state index contributed by atoms with van der Waals surface area (Å²) in [6, 6.07) is 7.14. The largest absolute Gasteiger partial charge is 0.417 e. The molecule has 1 N–H and O–H groups in total. The zero-order valence-corrected chi connectivity index (χ0v) is 11.3. The second-order valence-electron chi connectivity index (χ2n) is 4.77. The van der Waals surface area contributed by atoms with Gasteiger partial charge in [0.15, 0.2) is 5.76 Å². The zero-order valence-electron chi connectivity index (χ0n) is 11.3. The molecule has 0 fully saturated rings. The van der Waals surface area contributed by atoms with Gasteiger partial charge in [0.2, 0.25) is 0 Å². The molecule has 1 unspecified atom stereocenters. The van der Waals surface area contributed by atoms with Crippen LogP contribution < -0.4 is 10.9 Å². The van der Waals surface area contributed by atoms with Gasteiger partial charge < -0.3 is 9.73 Å². The molecular formula is C15H17NO3. The van der Waals surface area contributed by atoms with Crippen LogP contribution in [-0.2, 0) is 0 Å². The van der Waals surface area contributed by atoms with Crippen molar-refractivity contribution in [2.45, 2.75) is 33.2 Å². The van der Waals surface area contributed by atoms with Gasteiger partial charge in [0.05, 0.1) is 5.39 Å². The van der Waals surface area contributed by atoms with Crippen LogP contribution in [0, 0.1) is 6.92 Å². The predicted molar refractivity (Wildman–Crippen MR) is 74.4 cm³/mol. The minimum Gasteiger partial charge on any atom is -0.417 e. The zero-order chi connectivity index (χ0) is 14.0. The van der Waals surface area contributed by atoms with Gasteiger partial charge in [-0.15, -0.1) is 0 Å². The lowest BCUT2D eigenvalue weighted by molar-refractivity contribution is 0.0907. The number of rotatable bonds is 3. The van der Waals surface area contributed by atoms with Crippen LogP contribution in [0.15, 0.2) is 33.5 Å². The maximum Gasteiger partial charge on any atom is 0.344 e. The Morgan fingerprint density at radius 3 is 2.79 bits per heavy atom. The lowest BCUT2D eigenvalue weighted by atomic mass is 10.1. The van der Waals surface area contributed by atoms with Gasteiger partial charge in [0.25, 0.3) is 5.91 Å². The molecule has 1 amide bonds. The maximum absolute atomic E-state index is 11.9. The van der Waals surface area contributed by atoms with E-state index in [0.29, 0.717) is 5.39 Å². The molecule has 0 saturated carbocycles. The molecular weight excluding hydrogens is 242 g/mol. The highest BCUT2D eigenvalue weighted by Crippen LogP contribution is 2.14. The first-order valence-electron chi connectivity index (χ1n) is 6.36. The molecule has 2 aromatic rings. The van der Waals surface area contributed by atoms with Crippen molar-refractivity contribution >= 4 is 16.7 Å². The highest BCUT2D eigenvalue weighted by Gasteiger charge is 2.13.